The zero-order valence-electron chi connectivity index (χ0n) is 13.2. The fourth-order valence-corrected chi connectivity index (χ4v) is 3.70. The van der Waals surface area contributed by atoms with Crippen LogP contribution in [0.5, 0.6) is 5.75 Å². The highest BCUT2D eigenvalue weighted by atomic mass is 16.5. The van der Waals surface area contributed by atoms with Gasteiger partial charge in [-0.25, -0.2) is 0 Å². The van der Waals surface area contributed by atoms with Gasteiger partial charge in [-0.2, -0.15) is 0 Å². The highest BCUT2D eigenvalue weighted by Crippen LogP contribution is 2.42. The third-order valence-electron chi connectivity index (χ3n) is 4.88. The number of methoxy groups -OCH3 is 1. The Morgan fingerprint density at radius 3 is 2.70 bits per heavy atom. The molecule has 2 heteroatoms. The molecule has 1 aromatic carbocycles. The third kappa shape index (κ3) is 3.54. The number of ether oxygens (including phenoxy) is 1. The highest BCUT2D eigenvalue weighted by Gasteiger charge is 2.38. The van der Waals surface area contributed by atoms with Gasteiger partial charge in [-0.05, 0) is 54.2 Å². The van der Waals surface area contributed by atoms with E-state index in [1.165, 1.54) is 12.0 Å². The molecule has 1 fully saturated rings. The average molecular weight is 276 g/mol. The van der Waals surface area contributed by atoms with Crippen LogP contribution in [0.25, 0.3) is 0 Å². The van der Waals surface area contributed by atoms with Crippen molar-refractivity contribution in [3.8, 4) is 5.75 Å². The lowest BCUT2D eigenvalue weighted by Gasteiger charge is -2.42. The van der Waals surface area contributed by atoms with Gasteiger partial charge in [0.1, 0.15) is 5.75 Å². The molecular weight excluding hydrogens is 248 g/mol. The first-order chi connectivity index (χ1) is 9.42. The normalized spacial score (nSPS) is 27.4. The maximum atomic E-state index is 10.4. The molecule has 20 heavy (non-hydrogen) atoms. The van der Waals surface area contributed by atoms with Gasteiger partial charge < -0.3 is 9.84 Å². The van der Waals surface area contributed by atoms with Crippen molar-refractivity contribution in [2.24, 2.45) is 17.3 Å². The molecule has 3 atom stereocenters. The van der Waals surface area contributed by atoms with E-state index >= 15 is 0 Å². The van der Waals surface area contributed by atoms with Crippen LogP contribution >= 0.6 is 0 Å². The molecular formula is C18H28O2. The molecule has 2 nitrogen and oxygen atoms in total. The van der Waals surface area contributed by atoms with Gasteiger partial charge in [0.05, 0.1) is 13.2 Å². The van der Waals surface area contributed by atoms with Crippen LogP contribution in [0, 0.1) is 17.3 Å². The zero-order chi connectivity index (χ0) is 14.8. The minimum Gasteiger partial charge on any atom is -0.497 e. The van der Waals surface area contributed by atoms with Crippen LogP contribution < -0.4 is 4.74 Å². The van der Waals surface area contributed by atoms with Crippen LogP contribution in [0.4, 0.5) is 0 Å². The second-order valence-corrected chi connectivity index (χ2v) is 7.11. The second-order valence-electron chi connectivity index (χ2n) is 7.11. The first-order valence-corrected chi connectivity index (χ1v) is 7.73. The number of benzene rings is 1. The molecule has 1 aliphatic rings. The summed E-state index contributed by atoms with van der Waals surface area (Å²) in [7, 11) is 1.70. The quantitative estimate of drug-likeness (QED) is 0.898. The largest absolute Gasteiger partial charge is 0.497 e. The molecule has 1 aliphatic carbocycles. The van der Waals surface area contributed by atoms with Gasteiger partial charge >= 0.3 is 0 Å². The summed E-state index contributed by atoms with van der Waals surface area (Å²) >= 11 is 0. The minimum absolute atomic E-state index is 0.117. The molecule has 1 saturated carbocycles. The minimum atomic E-state index is -0.153. The molecule has 0 amide bonds. The number of hydrogen-bond donors (Lipinski definition) is 1. The second kappa shape index (κ2) is 6.17. The zero-order valence-corrected chi connectivity index (χ0v) is 13.2. The molecule has 0 spiro atoms. The third-order valence-corrected chi connectivity index (χ3v) is 4.88. The summed E-state index contributed by atoms with van der Waals surface area (Å²) in [6, 6.07) is 8.29. The van der Waals surface area contributed by atoms with E-state index in [0.717, 1.165) is 25.0 Å². The molecule has 0 saturated heterocycles. The van der Waals surface area contributed by atoms with E-state index in [1.807, 2.05) is 12.1 Å². The van der Waals surface area contributed by atoms with E-state index in [2.05, 4.69) is 32.9 Å². The maximum Gasteiger partial charge on any atom is 0.119 e. The topological polar surface area (TPSA) is 29.5 Å². The summed E-state index contributed by atoms with van der Waals surface area (Å²) in [6.45, 7) is 6.82. The Hall–Kier alpha value is -1.02. The first kappa shape index (κ1) is 15.4. The summed E-state index contributed by atoms with van der Waals surface area (Å²) in [5.41, 5.74) is 1.41. The Bertz CT molecular complexity index is 439. The molecule has 0 aromatic heterocycles. The fraction of sp³-hybridized carbons (Fsp3) is 0.667. The van der Waals surface area contributed by atoms with Crippen LogP contribution in [0.15, 0.2) is 24.3 Å². The lowest BCUT2D eigenvalue weighted by molar-refractivity contribution is -0.0125. The molecule has 1 N–H and O–H groups in total. The number of aliphatic hydroxyl groups is 1. The van der Waals surface area contributed by atoms with Crippen LogP contribution in [0.3, 0.4) is 0 Å². The Morgan fingerprint density at radius 2 is 2.05 bits per heavy atom. The smallest absolute Gasteiger partial charge is 0.119 e. The maximum absolute atomic E-state index is 10.4. The number of rotatable bonds is 4. The molecule has 112 valence electrons. The number of hydrogen-bond acceptors (Lipinski definition) is 2. The molecule has 0 heterocycles. The highest BCUT2D eigenvalue weighted by molar-refractivity contribution is 5.29. The van der Waals surface area contributed by atoms with Gasteiger partial charge in [0.2, 0.25) is 0 Å². The lowest BCUT2D eigenvalue weighted by atomic mass is 9.65. The van der Waals surface area contributed by atoms with Gasteiger partial charge in [0, 0.05) is 0 Å². The van der Waals surface area contributed by atoms with Crippen molar-refractivity contribution in [3.63, 3.8) is 0 Å². The van der Waals surface area contributed by atoms with Crippen molar-refractivity contribution in [2.75, 3.05) is 7.11 Å². The predicted molar refractivity (Wildman–Crippen MR) is 83.0 cm³/mol. The van der Waals surface area contributed by atoms with Gasteiger partial charge in [-0.1, -0.05) is 39.3 Å². The Balaban J connectivity index is 2.09. The average Bonchev–Trinajstić information content (AvgIpc) is 2.37. The van der Waals surface area contributed by atoms with Crippen LogP contribution in [-0.4, -0.2) is 18.3 Å². The molecule has 3 unspecified atom stereocenters. The Kier molecular flexibility index (Phi) is 4.74. The van der Waals surface area contributed by atoms with Crippen LogP contribution in [0.1, 0.15) is 45.6 Å². The van der Waals surface area contributed by atoms with Crippen molar-refractivity contribution < 1.29 is 9.84 Å². The summed E-state index contributed by atoms with van der Waals surface area (Å²) < 4.78 is 5.30. The molecule has 0 bridgehead atoms. The van der Waals surface area contributed by atoms with Crippen molar-refractivity contribution in [1.82, 2.24) is 0 Å². The number of aliphatic hydroxyl groups excluding tert-OH is 1. The molecule has 2 rings (SSSR count). The van der Waals surface area contributed by atoms with E-state index < -0.39 is 0 Å². The predicted octanol–water partition coefficient (Wildman–Crippen LogP) is 4.06. The lowest BCUT2D eigenvalue weighted by Crippen LogP contribution is -2.39. The van der Waals surface area contributed by atoms with Crippen molar-refractivity contribution >= 4 is 0 Å². The molecule has 1 aromatic rings. The van der Waals surface area contributed by atoms with Gasteiger partial charge in [-0.15, -0.1) is 0 Å². The van der Waals surface area contributed by atoms with E-state index in [0.29, 0.717) is 11.8 Å². The monoisotopic (exact) mass is 276 g/mol. The van der Waals surface area contributed by atoms with Gasteiger partial charge in [0.15, 0.2) is 0 Å². The van der Waals surface area contributed by atoms with Crippen LogP contribution in [-0.2, 0) is 6.42 Å². The molecule has 0 radical (unpaired) electrons. The standard InChI is InChI=1S/C18H28O2/c1-13-8-9-16(17(19)10-13)18(2,3)12-14-6-5-7-15(11-14)20-4/h5-7,11,13,16-17,19H,8-10,12H2,1-4H3. The fourth-order valence-electron chi connectivity index (χ4n) is 3.70. The molecule has 0 aliphatic heterocycles. The van der Waals surface area contributed by atoms with E-state index in [-0.39, 0.29) is 11.5 Å². The van der Waals surface area contributed by atoms with Gasteiger partial charge in [-0.3, -0.25) is 0 Å². The van der Waals surface area contributed by atoms with E-state index in [9.17, 15) is 5.11 Å². The van der Waals surface area contributed by atoms with Crippen molar-refractivity contribution in [1.29, 1.82) is 0 Å². The summed E-state index contributed by atoms with van der Waals surface area (Å²) in [4.78, 5) is 0. The SMILES string of the molecule is COc1cccc(CC(C)(C)C2CCC(C)CC2O)c1. The summed E-state index contributed by atoms with van der Waals surface area (Å²) in [5.74, 6) is 1.97. The van der Waals surface area contributed by atoms with Crippen LogP contribution in [0.2, 0.25) is 0 Å². The van der Waals surface area contributed by atoms with Gasteiger partial charge in [0.25, 0.3) is 0 Å². The van der Waals surface area contributed by atoms with E-state index in [1.54, 1.807) is 7.11 Å². The van der Waals surface area contributed by atoms with Crippen molar-refractivity contribution in [2.45, 2.75) is 52.6 Å². The first-order valence-electron chi connectivity index (χ1n) is 7.73. The van der Waals surface area contributed by atoms with Crippen molar-refractivity contribution in [3.05, 3.63) is 29.8 Å². The Labute approximate surface area is 123 Å². The van der Waals surface area contributed by atoms with E-state index in [4.69, 9.17) is 4.74 Å². The summed E-state index contributed by atoms with van der Waals surface area (Å²) in [6.07, 6.45) is 4.16. The Morgan fingerprint density at radius 1 is 1.30 bits per heavy atom. The summed E-state index contributed by atoms with van der Waals surface area (Å²) in [5, 5.41) is 10.4.